The second-order valence-electron chi connectivity index (χ2n) is 8.32. The topological polar surface area (TPSA) is 36.9 Å². The van der Waals surface area contributed by atoms with Crippen LogP contribution in [0.15, 0.2) is 24.3 Å². The molecule has 0 unspecified atom stereocenters. The van der Waals surface area contributed by atoms with Crippen molar-refractivity contribution in [3.8, 4) is 5.75 Å². The second-order valence-corrected chi connectivity index (χ2v) is 8.32. The van der Waals surface area contributed by atoms with E-state index in [-0.39, 0.29) is 23.9 Å². The van der Waals surface area contributed by atoms with Crippen LogP contribution in [0.25, 0.3) is 0 Å². The fourth-order valence-electron chi connectivity index (χ4n) is 2.33. The van der Waals surface area contributed by atoms with Crippen molar-refractivity contribution in [2.24, 2.45) is 0 Å². The summed E-state index contributed by atoms with van der Waals surface area (Å²) >= 11 is 0. The van der Waals surface area contributed by atoms with Crippen LogP contribution in [0, 0.1) is 0 Å². The lowest BCUT2D eigenvalue weighted by Crippen LogP contribution is -2.41. The smallest absolute Gasteiger partial charge is 0.494 e. The van der Waals surface area contributed by atoms with Crippen molar-refractivity contribution in [1.82, 2.24) is 0 Å². The number of hydrogen-bond donors (Lipinski definition) is 0. The van der Waals surface area contributed by atoms with Crippen molar-refractivity contribution in [3.05, 3.63) is 24.3 Å². The normalized spacial score (nSPS) is 19.5. The Labute approximate surface area is 147 Å². The lowest BCUT2D eigenvalue weighted by molar-refractivity contribution is -0.00768. The highest BCUT2D eigenvalue weighted by Crippen LogP contribution is 2.36. The van der Waals surface area contributed by atoms with Crippen molar-refractivity contribution in [1.29, 1.82) is 0 Å². The van der Waals surface area contributed by atoms with Crippen LogP contribution >= 0.6 is 0 Å². The Kier molecular flexibility index (Phi) is 5.68. The number of hydrogen-bond acceptors (Lipinski definition) is 4. The van der Waals surface area contributed by atoms with Crippen LogP contribution in [0.1, 0.15) is 54.9 Å². The zero-order valence-electron chi connectivity index (χ0n) is 16.1. The molecular formula is C19H31BO4. The van der Waals surface area contributed by atoms with Crippen LogP contribution in [0.5, 0.6) is 5.75 Å². The van der Waals surface area contributed by atoms with Gasteiger partial charge in [0.25, 0.3) is 0 Å². The highest BCUT2D eigenvalue weighted by atomic mass is 16.7. The minimum absolute atomic E-state index is 0.0928. The zero-order valence-corrected chi connectivity index (χ0v) is 16.1. The van der Waals surface area contributed by atoms with Crippen LogP contribution in [-0.4, -0.2) is 37.1 Å². The first-order valence-corrected chi connectivity index (χ1v) is 8.73. The molecule has 1 saturated heterocycles. The summed E-state index contributed by atoms with van der Waals surface area (Å²) in [5, 5.41) is 0. The van der Waals surface area contributed by atoms with Crippen molar-refractivity contribution in [3.63, 3.8) is 0 Å². The maximum atomic E-state index is 6.06. The van der Waals surface area contributed by atoms with Gasteiger partial charge in [0.2, 0.25) is 0 Å². The molecule has 0 N–H and O–H groups in total. The molecule has 0 aliphatic carbocycles. The van der Waals surface area contributed by atoms with E-state index in [0.29, 0.717) is 13.2 Å². The third-order valence-corrected chi connectivity index (χ3v) is 4.50. The first-order chi connectivity index (χ1) is 11.0. The molecule has 0 amide bonds. The molecule has 2 rings (SSSR count). The van der Waals surface area contributed by atoms with Gasteiger partial charge in [-0.3, -0.25) is 0 Å². The van der Waals surface area contributed by atoms with Crippen LogP contribution in [0.2, 0.25) is 0 Å². The average molecular weight is 334 g/mol. The third kappa shape index (κ3) is 4.98. The summed E-state index contributed by atoms with van der Waals surface area (Å²) in [7, 11) is -0.329. The molecule has 134 valence electrons. The van der Waals surface area contributed by atoms with Gasteiger partial charge in [0.05, 0.1) is 30.0 Å². The Morgan fingerprint density at radius 1 is 0.917 bits per heavy atom. The summed E-state index contributed by atoms with van der Waals surface area (Å²) in [6.45, 7) is 15.8. The quantitative estimate of drug-likeness (QED) is 0.589. The van der Waals surface area contributed by atoms with E-state index >= 15 is 0 Å². The SMILES string of the molecule is CC(C)(C)OCCCOc1ccc(B2OC(C)(C)C(C)(C)O2)cc1. The second kappa shape index (κ2) is 7.07. The van der Waals surface area contributed by atoms with E-state index in [1.165, 1.54) is 0 Å². The van der Waals surface area contributed by atoms with Gasteiger partial charge in [-0.05, 0) is 66.1 Å². The van der Waals surface area contributed by atoms with Gasteiger partial charge in [0.1, 0.15) is 5.75 Å². The molecule has 1 fully saturated rings. The average Bonchev–Trinajstić information content (AvgIpc) is 2.66. The minimum Gasteiger partial charge on any atom is -0.494 e. The van der Waals surface area contributed by atoms with Gasteiger partial charge in [-0.25, -0.2) is 0 Å². The maximum Gasteiger partial charge on any atom is 0.494 e. The van der Waals surface area contributed by atoms with E-state index < -0.39 is 0 Å². The summed E-state index contributed by atoms with van der Waals surface area (Å²) in [6, 6.07) is 7.93. The highest BCUT2D eigenvalue weighted by Gasteiger charge is 2.51. The lowest BCUT2D eigenvalue weighted by Gasteiger charge is -2.32. The van der Waals surface area contributed by atoms with Gasteiger partial charge in [0, 0.05) is 6.42 Å². The zero-order chi connectivity index (χ0) is 18.0. The maximum absolute atomic E-state index is 6.06. The van der Waals surface area contributed by atoms with Crippen molar-refractivity contribution in [2.75, 3.05) is 13.2 Å². The Balaban J connectivity index is 1.82. The lowest BCUT2D eigenvalue weighted by atomic mass is 9.79. The van der Waals surface area contributed by atoms with Crippen LogP contribution in [0.3, 0.4) is 0 Å². The number of rotatable bonds is 6. The fraction of sp³-hybridized carbons (Fsp3) is 0.684. The molecule has 1 aliphatic rings. The summed E-state index contributed by atoms with van der Waals surface area (Å²) in [6.07, 6.45) is 0.871. The molecule has 0 spiro atoms. The molecule has 4 nitrogen and oxygen atoms in total. The molecule has 5 heteroatoms. The monoisotopic (exact) mass is 334 g/mol. The van der Waals surface area contributed by atoms with Crippen molar-refractivity contribution >= 4 is 12.6 Å². The molecule has 0 saturated carbocycles. The van der Waals surface area contributed by atoms with E-state index in [1.807, 2.05) is 24.3 Å². The van der Waals surface area contributed by atoms with E-state index in [0.717, 1.165) is 17.6 Å². The summed E-state index contributed by atoms with van der Waals surface area (Å²) in [5.74, 6) is 0.853. The summed E-state index contributed by atoms with van der Waals surface area (Å²) in [4.78, 5) is 0. The molecule has 0 atom stereocenters. The van der Waals surface area contributed by atoms with Gasteiger partial charge in [0.15, 0.2) is 0 Å². The van der Waals surface area contributed by atoms with Gasteiger partial charge >= 0.3 is 7.12 Å². The molecular weight excluding hydrogens is 303 g/mol. The summed E-state index contributed by atoms with van der Waals surface area (Å²) < 4.78 is 23.5. The molecule has 0 aromatic heterocycles. The first kappa shape index (κ1) is 19.3. The van der Waals surface area contributed by atoms with Gasteiger partial charge < -0.3 is 18.8 Å². The predicted octanol–water partition coefficient (Wildman–Crippen LogP) is 3.57. The highest BCUT2D eigenvalue weighted by molar-refractivity contribution is 6.62. The molecule has 24 heavy (non-hydrogen) atoms. The molecule has 1 heterocycles. The largest absolute Gasteiger partial charge is 0.494 e. The van der Waals surface area contributed by atoms with E-state index in [4.69, 9.17) is 18.8 Å². The van der Waals surface area contributed by atoms with Crippen LogP contribution in [0.4, 0.5) is 0 Å². The molecule has 1 aliphatic heterocycles. The van der Waals surface area contributed by atoms with Crippen LogP contribution in [-0.2, 0) is 14.0 Å². The Hall–Kier alpha value is -1.04. The Morgan fingerprint density at radius 3 is 1.96 bits per heavy atom. The van der Waals surface area contributed by atoms with E-state index in [9.17, 15) is 0 Å². The minimum atomic E-state index is -0.329. The van der Waals surface area contributed by atoms with Crippen molar-refractivity contribution < 1.29 is 18.8 Å². The van der Waals surface area contributed by atoms with Crippen LogP contribution < -0.4 is 10.2 Å². The predicted molar refractivity (Wildman–Crippen MR) is 98.0 cm³/mol. The first-order valence-electron chi connectivity index (χ1n) is 8.73. The molecule has 1 aromatic rings. The molecule has 0 bridgehead atoms. The Morgan fingerprint density at radius 2 is 1.46 bits per heavy atom. The standard InChI is InChI=1S/C19H31BO4/c1-17(2,3)22-14-8-13-21-16-11-9-15(10-12-16)20-23-18(4,5)19(6,7)24-20/h9-12H,8,13-14H2,1-7H3. The third-order valence-electron chi connectivity index (χ3n) is 4.50. The number of ether oxygens (including phenoxy) is 2. The van der Waals surface area contributed by atoms with E-state index in [2.05, 4.69) is 48.5 Å². The molecule has 1 aromatic carbocycles. The molecule has 0 radical (unpaired) electrons. The fourth-order valence-corrected chi connectivity index (χ4v) is 2.33. The number of benzene rings is 1. The van der Waals surface area contributed by atoms with Gasteiger partial charge in [-0.15, -0.1) is 0 Å². The van der Waals surface area contributed by atoms with Crippen molar-refractivity contribution in [2.45, 2.75) is 71.7 Å². The van der Waals surface area contributed by atoms with E-state index in [1.54, 1.807) is 0 Å². The van der Waals surface area contributed by atoms with Gasteiger partial charge in [-0.2, -0.15) is 0 Å². The van der Waals surface area contributed by atoms with Gasteiger partial charge in [-0.1, -0.05) is 12.1 Å². The summed E-state index contributed by atoms with van der Waals surface area (Å²) in [5.41, 5.74) is 0.279. The Bertz CT molecular complexity index is 515.